The van der Waals surface area contributed by atoms with Gasteiger partial charge >= 0.3 is 0 Å². The molecule has 0 amide bonds. The molecule has 0 bridgehead atoms. The molecular weight excluding hydrogens is 162 g/mol. The van der Waals surface area contributed by atoms with Gasteiger partial charge in [0.1, 0.15) is 0 Å². The summed E-state index contributed by atoms with van der Waals surface area (Å²) in [6, 6.07) is 0. The molecule has 0 atom stereocenters. The van der Waals surface area contributed by atoms with Crippen LogP contribution in [0.2, 0.25) is 0 Å². The Kier molecular flexibility index (Phi) is 32.5. The maximum atomic E-state index is 4.83. The van der Waals surface area contributed by atoms with E-state index in [0.29, 0.717) is 0 Å². The van der Waals surface area contributed by atoms with E-state index in [0.717, 1.165) is 13.2 Å². The molecule has 0 radical (unpaired) electrons. The first kappa shape index (κ1) is 18.7. The first-order valence-corrected chi connectivity index (χ1v) is 5.41. The van der Waals surface area contributed by atoms with Crippen molar-refractivity contribution in [1.82, 2.24) is 4.90 Å². The van der Waals surface area contributed by atoms with E-state index < -0.39 is 0 Å². The van der Waals surface area contributed by atoms with Crippen LogP contribution in [-0.2, 0) is 4.74 Å². The van der Waals surface area contributed by atoms with Gasteiger partial charge in [0.2, 0.25) is 0 Å². The van der Waals surface area contributed by atoms with Crippen LogP contribution in [0.3, 0.4) is 0 Å². The summed E-state index contributed by atoms with van der Waals surface area (Å²) in [5, 5.41) is 0. The number of rotatable bonds is 4. The maximum absolute atomic E-state index is 4.83. The molecular formula is C11H29NO. The summed E-state index contributed by atoms with van der Waals surface area (Å²) in [6.45, 7) is 13.1. The van der Waals surface area contributed by atoms with Crippen LogP contribution in [0.1, 0.15) is 41.0 Å². The van der Waals surface area contributed by atoms with Gasteiger partial charge in [-0.25, -0.2) is 0 Å². The molecule has 84 valence electrons. The highest BCUT2D eigenvalue weighted by molar-refractivity contribution is 4.34. The fraction of sp³-hybridized carbons (Fsp3) is 1.00. The average Bonchev–Trinajstić information content (AvgIpc) is 2.10. The molecule has 0 aromatic rings. The van der Waals surface area contributed by atoms with E-state index in [-0.39, 0.29) is 0 Å². The summed E-state index contributed by atoms with van der Waals surface area (Å²) in [6.07, 6.45) is 1.26. The Balaban J connectivity index is -0.000000131. The minimum atomic E-state index is 0.844. The molecule has 0 N–H and O–H groups in total. The highest BCUT2D eigenvalue weighted by Gasteiger charge is 1.79. The first-order chi connectivity index (χ1) is 6.18. The molecule has 0 fully saturated rings. The highest BCUT2D eigenvalue weighted by Crippen LogP contribution is 1.76. The predicted molar refractivity (Wildman–Crippen MR) is 62.4 cm³/mol. The number of ether oxygens (including phenoxy) is 1. The van der Waals surface area contributed by atoms with Gasteiger partial charge in [0.05, 0.1) is 0 Å². The van der Waals surface area contributed by atoms with Crippen molar-refractivity contribution in [2.75, 3.05) is 33.9 Å². The zero-order valence-electron chi connectivity index (χ0n) is 10.7. The number of nitrogens with zero attached hydrogens (tertiary/aromatic N) is 1. The highest BCUT2D eigenvalue weighted by atomic mass is 16.5. The Hall–Kier alpha value is -0.0800. The van der Waals surface area contributed by atoms with Crippen molar-refractivity contribution >= 4 is 0 Å². The second-order valence-electron chi connectivity index (χ2n) is 2.58. The van der Waals surface area contributed by atoms with Crippen LogP contribution in [0.4, 0.5) is 0 Å². The molecule has 0 saturated heterocycles. The minimum absolute atomic E-state index is 0.844. The molecule has 0 saturated carbocycles. The number of hydrogen-bond donors (Lipinski definition) is 0. The Bertz CT molecular complexity index is 54.1. The maximum Gasteiger partial charge on any atom is 0.0437 e. The zero-order valence-corrected chi connectivity index (χ0v) is 10.7. The van der Waals surface area contributed by atoms with Gasteiger partial charge in [0.15, 0.2) is 0 Å². The number of hydrogen-bond acceptors (Lipinski definition) is 2. The van der Waals surface area contributed by atoms with Gasteiger partial charge in [-0.3, -0.25) is 0 Å². The standard InChI is InChI=1S/C5H13N.C4H10O.C2H6/c1-4-5-6(2)3;1-3-5-4-2;1-2/h4-5H2,1-3H3;3-4H2,1-2H3;1-2H3. The van der Waals surface area contributed by atoms with Gasteiger partial charge in [-0.2, -0.15) is 0 Å². The molecule has 0 heterocycles. The van der Waals surface area contributed by atoms with Crippen molar-refractivity contribution in [2.24, 2.45) is 0 Å². The van der Waals surface area contributed by atoms with E-state index in [4.69, 9.17) is 4.74 Å². The van der Waals surface area contributed by atoms with Crippen LogP contribution in [0.15, 0.2) is 0 Å². The fourth-order valence-electron chi connectivity index (χ4n) is 0.651. The molecule has 0 aromatic carbocycles. The Labute approximate surface area is 85.3 Å². The summed E-state index contributed by atoms with van der Waals surface area (Å²) in [4.78, 5) is 2.18. The molecule has 0 spiro atoms. The van der Waals surface area contributed by atoms with E-state index in [1.54, 1.807) is 0 Å². The fourth-order valence-corrected chi connectivity index (χ4v) is 0.651. The molecule has 0 aliphatic rings. The van der Waals surface area contributed by atoms with Crippen molar-refractivity contribution in [2.45, 2.75) is 41.0 Å². The summed E-state index contributed by atoms with van der Waals surface area (Å²) >= 11 is 0. The Morgan fingerprint density at radius 2 is 1.31 bits per heavy atom. The summed E-state index contributed by atoms with van der Waals surface area (Å²) < 4.78 is 4.83. The lowest BCUT2D eigenvalue weighted by Crippen LogP contribution is -2.11. The molecule has 0 unspecified atom stereocenters. The topological polar surface area (TPSA) is 12.5 Å². The van der Waals surface area contributed by atoms with Crippen LogP contribution in [0.5, 0.6) is 0 Å². The van der Waals surface area contributed by atoms with Crippen LogP contribution >= 0.6 is 0 Å². The quantitative estimate of drug-likeness (QED) is 0.677. The second-order valence-corrected chi connectivity index (χ2v) is 2.58. The van der Waals surface area contributed by atoms with Gasteiger partial charge in [-0.05, 0) is 40.9 Å². The van der Waals surface area contributed by atoms with Gasteiger partial charge in [-0.1, -0.05) is 20.8 Å². The van der Waals surface area contributed by atoms with Gasteiger partial charge in [0, 0.05) is 13.2 Å². The van der Waals surface area contributed by atoms with Crippen LogP contribution < -0.4 is 0 Å². The van der Waals surface area contributed by atoms with Crippen molar-refractivity contribution in [3.8, 4) is 0 Å². The lowest BCUT2D eigenvalue weighted by atomic mass is 10.5. The lowest BCUT2D eigenvalue weighted by Gasteiger charge is -2.03. The minimum Gasteiger partial charge on any atom is -0.382 e. The second kappa shape index (κ2) is 22.7. The Morgan fingerprint density at radius 3 is 1.31 bits per heavy atom. The third kappa shape index (κ3) is 48.5. The lowest BCUT2D eigenvalue weighted by molar-refractivity contribution is 0.162. The van der Waals surface area contributed by atoms with Crippen LogP contribution in [-0.4, -0.2) is 38.8 Å². The van der Waals surface area contributed by atoms with E-state index in [1.807, 2.05) is 27.7 Å². The smallest absolute Gasteiger partial charge is 0.0437 e. The van der Waals surface area contributed by atoms with Gasteiger partial charge < -0.3 is 9.64 Å². The van der Waals surface area contributed by atoms with E-state index in [2.05, 4.69) is 25.9 Å². The van der Waals surface area contributed by atoms with Gasteiger partial charge in [0.25, 0.3) is 0 Å². The van der Waals surface area contributed by atoms with Crippen molar-refractivity contribution in [3.63, 3.8) is 0 Å². The molecule has 2 heteroatoms. The predicted octanol–water partition coefficient (Wildman–Crippen LogP) is 3.03. The molecule has 0 aliphatic carbocycles. The van der Waals surface area contributed by atoms with Crippen LogP contribution in [0, 0.1) is 0 Å². The van der Waals surface area contributed by atoms with E-state index in [1.165, 1.54) is 13.0 Å². The third-order valence-electron chi connectivity index (χ3n) is 1.08. The van der Waals surface area contributed by atoms with Crippen molar-refractivity contribution in [1.29, 1.82) is 0 Å². The Morgan fingerprint density at radius 1 is 0.923 bits per heavy atom. The molecule has 0 aromatic heterocycles. The summed E-state index contributed by atoms with van der Waals surface area (Å²) in [5.74, 6) is 0. The van der Waals surface area contributed by atoms with E-state index >= 15 is 0 Å². The van der Waals surface area contributed by atoms with Gasteiger partial charge in [-0.15, -0.1) is 0 Å². The summed E-state index contributed by atoms with van der Waals surface area (Å²) in [5.41, 5.74) is 0. The summed E-state index contributed by atoms with van der Waals surface area (Å²) in [7, 11) is 4.17. The average molecular weight is 191 g/mol. The molecule has 13 heavy (non-hydrogen) atoms. The SMILES string of the molecule is CC.CCCN(C)C.CCOCC. The third-order valence-corrected chi connectivity index (χ3v) is 1.08. The zero-order chi connectivity index (χ0) is 11.1. The van der Waals surface area contributed by atoms with Crippen molar-refractivity contribution in [3.05, 3.63) is 0 Å². The molecule has 2 nitrogen and oxygen atoms in total. The van der Waals surface area contributed by atoms with Crippen LogP contribution in [0.25, 0.3) is 0 Å². The molecule has 0 aliphatic heterocycles. The molecule has 0 rings (SSSR count). The largest absolute Gasteiger partial charge is 0.382 e. The monoisotopic (exact) mass is 191 g/mol. The van der Waals surface area contributed by atoms with Crippen molar-refractivity contribution < 1.29 is 4.74 Å². The first-order valence-electron chi connectivity index (χ1n) is 5.41. The van der Waals surface area contributed by atoms with E-state index in [9.17, 15) is 0 Å². The normalized spacial score (nSPS) is 8.31.